The fourth-order valence-electron chi connectivity index (χ4n) is 3.74. The molecule has 134 valence electrons. The fourth-order valence-corrected chi connectivity index (χ4v) is 3.74. The van der Waals surface area contributed by atoms with Crippen LogP contribution < -0.4 is 15.0 Å². The van der Waals surface area contributed by atoms with Crippen LogP contribution in [0, 0.1) is 0 Å². The first-order valence-corrected chi connectivity index (χ1v) is 9.05. The highest BCUT2D eigenvalue weighted by Crippen LogP contribution is 2.30. The molecule has 0 spiro atoms. The lowest BCUT2D eigenvalue weighted by atomic mass is 10.0. The van der Waals surface area contributed by atoms with Crippen LogP contribution in [0.15, 0.2) is 36.4 Å². The Bertz CT molecular complexity index is 876. The zero-order valence-corrected chi connectivity index (χ0v) is 14.9. The predicted octanol–water partition coefficient (Wildman–Crippen LogP) is 3.10. The lowest BCUT2D eigenvalue weighted by Crippen LogP contribution is -2.33. The number of ether oxygens (including phenoxy) is 1. The van der Waals surface area contributed by atoms with E-state index in [4.69, 9.17) is 4.74 Å². The van der Waals surface area contributed by atoms with Crippen LogP contribution in [0.2, 0.25) is 0 Å². The third-order valence-electron chi connectivity index (χ3n) is 4.98. The van der Waals surface area contributed by atoms with Crippen molar-refractivity contribution in [3.63, 3.8) is 0 Å². The Labute approximate surface area is 153 Å². The number of nitrogens with zero attached hydrogens (tertiary/aromatic N) is 1. The van der Waals surface area contributed by atoms with Crippen molar-refractivity contribution < 1.29 is 14.3 Å². The smallest absolute Gasteiger partial charge is 0.228 e. The summed E-state index contributed by atoms with van der Waals surface area (Å²) < 4.78 is 5.50. The van der Waals surface area contributed by atoms with E-state index < -0.39 is 0 Å². The van der Waals surface area contributed by atoms with Crippen molar-refractivity contribution in [2.45, 2.75) is 32.6 Å². The van der Waals surface area contributed by atoms with Crippen LogP contribution in [0.4, 0.5) is 11.4 Å². The molecule has 0 aliphatic carbocycles. The minimum absolute atomic E-state index is 0.0388. The Morgan fingerprint density at radius 2 is 2.00 bits per heavy atom. The van der Waals surface area contributed by atoms with Gasteiger partial charge in [-0.3, -0.25) is 9.59 Å². The zero-order chi connectivity index (χ0) is 18.1. The average Bonchev–Trinajstić information content (AvgIpc) is 3.08. The average molecular weight is 350 g/mol. The normalized spacial score (nSPS) is 15.0. The van der Waals surface area contributed by atoms with Gasteiger partial charge in [0, 0.05) is 31.3 Å². The lowest BCUT2D eigenvalue weighted by Gasteiger charge is -2.29. The van der Waals surface area contributed by atoms with E-state index in [0.717, 1.165) is 60.7 Å². The maximum absolute atomic E-state index is 12.4. The highest BCUT2D eigenvalue weighted by molar-refractivity contribution is 5.95. The molecular weight excluding hydrogens is 328 g/mol. The minimum atomic E-state index is -0.0388. The van der Waals surface area contributed by atoms with Gasteiger partial charge in [0.05, 0.1) is 13.0 Å². The number of nitrogens with one attached hydrogen (secondary N) is 1. The van der Waals surface area contributed by atoms with Gasteiger partial charge < -0.3 is 15.0 Å². The van der Waals surface area contributed by atoms with Crippen molar-refractivity contribution in [2.24, 2.45) is 0 Å². The van der Waals surface area contributed by atoms with E-state index in [9.17, 15) is 9.59 Å². The third kappa shape index (κ3) is 3.29. The van der Waals surface area contributed by atoms with Gasteiger partial charge in [-0.15, -0.1) is 0 Å². The monoisotopic (exact) mass is 350 g/mol. The molecule has 5 nitrogen and oxygen atoms in total. The molecule has 0 unspecified atom stereocenters. The van der Waals surface area contributed by atoms with Gasteiger partial charge in [0.2, 0.25) is 11.8 Å². The van der Waals surface area contributed by atoms with Crippen molar-refractivity contribution in [3.8, 4) is 5.75 Å². The predicted molar refractivity (Wildman–Crippen MR) is 101 cm³/mol. The van der Waals surface area contributed by atoms with Crippen LogP contribution >= 0.6 is 0 Å². The van der Waals surface area contributed by atoms with E-state index in [-0.39, 0.29) is 11.8 Å². The van der Waals surface area contributed by atoms with Crippen LogP contribution in [0.25, 0.3) is 0 Å². The molecule has 0 atom stereocenters. The Kier molecular flexibility index (Phi) is 4.37. The largest absolute Gasteiger partial charge is 0.493 e. The number of aryl methyl sites for hydroxylation is 1. The Morgan fingerprint density at radius 1 is 1.12 bits per heavy atom. The van der Waals surface area contributed by atoms with Gasteiger partial charge in [-0.05, 0) is 53.8 Å². The maximum Gasteiger partial charge on any atom is 0.228 e. The summed E-state index contributed by atoms with van der Waals surface area (Å²) in [5, 5.41) is 2.98. The van der Waals surface area contributed by atoms with Gasteiger partial charge >= 0.3 is 0 Å². The Hall–Kier alpha value is -2.82. The fraction of sp³-hybridized carbons (Fsp3) is 0.333. The molecule has 2 aromatic rings. The summed E-state index contributed by atoms with van der Waals surface area (Å²) >= 11 is 0. The quantitative estimate of drug-likeness (QED) is 0.925. The highest BCUT2D eigenvalue weighted by atomic mass is 16.5. The van der Waals surface area contributed by atoms with Crippen molar-refractivity contribution in [1.29, 1.82) is 0 Å². The van der Waals surface area contributed by atoms with E-state index in [1.54, 1.807) is 11.8 Å². The Balaban J connectivity index is 1.45. The molecule has 2 aliphatic rings. The van der Waals surface area contributed by atoms with E-state index in [2.05, 4.69) is 11.4 Å². The second kappa shape index (κ2) is 6.83. The van der Waals surface area contributed by atoms with E-state index >= 15 is 0 Å². The standard InChI is InChI=1S/C21H22N2O3/c1-14(24)23-9-2-3-16-13-18(5-6-19(16)23)22-21(25)12-15-4-7-20-17(11-15)8-10-26-20/h4-7,11,13H,2-3,8-10,12H2,1H3,(H,22,25). The minimum Gasteiger partial charge on any atom is -0.493 e. The van der Waals surface area contributed by atoms with Crippen molar-refractivity contribution in [3.05, 3.63) is 53.1 Å². The number of carbonyl (C=O) groups is 2. The van der Waals surface area contributed by atoms with Crippen LogP contribution in [-0.2, 0) is 28.9 Å². The number of benzene rings is 2. The number of hydrogen-bond donors (Lipinski definition) is 1. The van der Waals surface area contributed by atoms with Gasteiger partial charge in [-0.1, -0.05) is 12.1 Å². The van der Waals surface area contributed by atoms with E-state index in [1.807, 2.05) is 30.3 Å². The summed E-state index contributed by atoms with van der Waals surface area (Å²) in [4.78, 5) is 26.0. The molecule has 0 saturated carbocycles. The van der Waals surface area contributed by atoms with E-state index in [0.29, 0.717) is 6.42 Å². The van der Waals surface area contributed by atoms with Crippen molar-refractivity contribution >= 4 is 23.2 Å². The molecule has 26 heavy (non-hydrogen) atoms. The molecule has 4 rings (SSSR count). The Morgan fingerprint density at radius 3 is 2.85 bits per heavy atom. The summed E-state index contributed by atoms with van der Waals surface area (Å²) in [6, 6.07) is 11.7. The summed E-state index contributed by atoms with van der Waals surface area (Å²) in [6.07, 6.45) is 3.11. The summed E-state index contributed by atoms with van der Waals surface area (Å²) in [5.41, 5.74) is 5.02. The number of hydrogen-bond acceptors (Lipinski definition) is 3. The van der Waals surface area contributed by atoms with Crippen molar-refractivity contribution in [1.82, 2.24) is 0 Å². The molecule has 2 aromatic carbocycles. The zero-order valence-electron chi connectivity index (χ0n) is 14.9. The number of fused-ring (bicyclic) bond motifs is 2. The van der Waals surface area contributed by atoms with Crippen LogP contribution in [0.3, 0.4) is 0 Å². The SMILES string of the molecule is CC(=O)N1CCCc2cc(NC(=O)Cc3ccc4c(c3)CCO4)ccc21. The third-order valence-corrected chi connectivity index (χ3v) is 4.98. The van der Waals surface area contributed by atoms with Crippen molar-refractivity contribution in [2.75, 3.05) is 23.4 Å². The molecule has 0 fully saturated rings. The number of carbonyl (C=O) groups excluding carboxylic acids is 2. The second-order valence-electron chi connectivity index (χ2n) is 6.88. The molecule has 0 radical (unpaired) electrons. The maximum atomic E-state index is 12.4. The summed E-state index contributed by atoms with van der Waals surface area (Å²) in [5.74, 6) is 0.949. The first kappa shape index (κ1) is 16.6. The topological polar surface area (TPSA) is 58.6 Å². The molecule has 0 saturated heterocycles. The molecule has 1 N–H and O–H groups in total. The van der Waals surface area contributed by atoms with Gasteiger partial charge in [0.1, 0.15) is 5.75 Å². The number of rotatable bonds is 3. The second-order valence-corrected chi connectivity index (χ2v) is 6.88. The number of anilines is 2. The molecule has 2 aliphatic heterocycles. The van der Waals surface area contributed by atoms with E-state index in [1.165, 1.54) is 5.56 Å². The van der Waals surface area contributed by atoms with Crippen LogP contribution in [0.1, 0.15) is 30.0 Å². The summed E-state index contributed by atoms with van der Waals surface area (Å²) in [7, 11) is 0. The number of amides is 2. The summed E-state index contributed by atoms with van der Waals surface area (Å²) in [6.45, 7) is 3.07. The molecule has 2 amide bonds. The lowest BCUT2D eigenvalue weighted by molar-refractivity contribution is -0.117. The molecule has 0 aromatic heterocycles. The van der Waals surface area contributed by atoms with Crippen LogP contribution in [0.5, 0.6) is 5.75 Å². The van der Waals surface area contributed by atoms with Gasteiger partial charge in [0.15, 0.2) is 0 Å². The molecular formula is C21H22N2O3. The molecule has 5 heteroatoms. The van der Waals surface area contributed by atoms with Crippen LogP contribution in [-0.4, -0.2) is 25.0 Å². The first-order valence-electron chi connectivity index (χ1n) is 9.05. The first-order chi connectivity index (χ1) is 12.6. The van der Waals surface area contributed by atoms with Gasteiger partial charge in [-0.25, -0.2) is 0 Å². The molecule has 0 bridgehead atoms. The highest BCUT2D eigenvalue weighted by Gasteiger charge is 2.20. The van der Waals surface area contributed by atoms with Gasteiger partial charge in [-0.2, -0.15) is 0 Å². The molecule has 2 heterocycles. The van der Waals surface area contributed by atoms with Gasteiger partial charge in [0.25, 0.3) is 0 Å².